The Labute approximate surface area is 66.2 Å². The van der Waals surface area contributed by atoms with E-state index >= 15 is 0 Å². The highest BCUT2D eigenvalue weighted by atomic mass is 35.5. The van der Waals surface area contributed by atoms with Crippen molar-refractivity contribution in [3.05, 3.63) is 0 Å². The molecule has 0 aromatic heterocycles. The average Bonchev–Trinajstić information content (AvgIpc) is 1.84. The molecule has 0 aromatic rings. The predicted molar refractivity (Wildman–Crippen MR) is 39.0 cm³/mol. The van der Waals surface area contributed by atoms with E-state index in [2.05, 4.69) is 4.74 Å². The summed E-state index contributed by atoms with van der Waals surface area (Å²) in [4.78, 5) is 10.4. The van der Waals surface area contributed by atoms with Gasteiger partial charge in [-0.05, 0) is 5.92 Å². The van der Waals surface area contributed by atoms with Crippen LogP contribution in [0.1, 0.15) is 13.8 Å². The number of methoxy groups -OCH3 is 1. The van der Waals surface area contributed by atoms with Gasteiger partial charge in [0, 0.05) is 0 Å². The molecule has 0 N–H and O–H groups in total. The molecule has 0 aromatic carbocycles. The van der Waals surface area contributed by atoms with Crippen molar-refractivity contribution < 1.29 is 13.9 Å². The lowest BCUT2D eigenvalue weighted by Crippen LogP contribution is -2.22. The van der Waals surface area contributed by atoms with Gasteiger partial charge in [0.05, 0.1) is 7.11 Å². The first kappa shape index (κ1) is 12.4. The van der Waals surface area contributed by atoms with Crippen LogP contribution in [0, 0.1) is 5.92 Å². The summed E-state index contributed by atoms with van der Waals surface area (Å²) < 4.78 is 16.6. The molecule has 0 radical (unpaired) electrons. The fraction of sp³-hybridized carbons (Fsp3) is 0.833. The van der Waals surface area contributed by atoms with E-state index in [1.807, 2.05) is 0 Å². The number of carbonyl (C=O) groups excluding carboxylic acids is 1. The van der Waals surface area contributed by atoms with Crippen LogP contribution in [0.2, 0.25) is 0 Å². The first-order valence-electron chi connectivity index (χ1n) is 2.81. The monoisotopic (exact) mass is 170 g/mol. The second-order valence-electron chi connectivity index (χ2n) is 2.17. The third-order valence-corrected chi connectivity index (χ3v) is 1.01. The number of hydrogen-bond acceptors (Lipinski definition) is 2. The molecule has 0 aliphatic heterocycles. The van der Waals surface area contributed by atoms with Crippen LogP contribution >= 0.6 is 12.4 Å². The number of alkyl halides is 1. The van der Waals surface area contributed by atoms with Crippen molar-refractivity contribution >= 4 is 18.4 Å². The van der Waals surface area contributed by atoms with Gasteiger partial charge in [-0.25, -0.2) is 9.18 Å². The molecule has 1 atom stereocenters. The Morgan fingerprint density at radius 3 is 2.00 bits per heavy atom. The van der Waals surface area contributed by atoms with E-state index in [4.69, 9.17) is 0 Å². The van der Waals surface area contributed by atoms with E-state index in [1.165, 1.54) is 7.11 Å². The maximum absolute atomic E-state index is 12.4. The van der Waals surface area contributed by atoms with E-state index in [0.717, 1.165) is 0 Å². The fourth-order valence-corrected chi connectivity index (χ4v) is 0.385. The van der Waals surface area contributed by atoms with Crippen LogP contribution in [0.15, 0.2) is 0 Å². The first-order valence-corrected chi connectivity index (χ1v) is 2.81. The smallest absolute Gasteiger partial charge is 0.340 e. The van der Waals surface area contributed by atoms with Gasteiger partial charge in [-0.3, -0.25) is 0 Å². The van der Waals surface area contributed by atoms with Crippen LogP contribution in [0.25, 0.3) is 0 Å². The van der Waals surface area contributed by atoms with Crippen molar-refractivity contribution in [1.29, 1.82) is 0 Å². The summed E-state index contributed by atoms with van der Waals surface area (Å²) in [5.41, 5.74) is 0. The first-order chi connectivity index (χ1) is 4.09. The van der Waals surface area contributed by atoms with Crippen molar-refractivity contribution in [3.8, 4) is 0 Å². The molecule has 0 rings (SSSR count). The maximum atomic E-state index is 12.4. The molecule has 0 amide bonds. The molecule has 0 aliphatic carbocycles. The number of carbonyl (C=O) groups is 1. The molecular formula is C6H12ClFO2. The van der Waals surface area contributed by atoms with Gasteiger partial charge in [0.25, 0.3) is 0 Å². The van der Waals surface area contributed by atoms with Crippen LogP contribution in [0.5, 0.6) is 0 Å². The van der Waals surface area contributed by atoms with E-state index in [1.54, 1.807) is 13.8 Å². The van der Waals surface area contributed by atoms with Gasteiger partial charge in [-0.2, -0.15) is 0 Å². The van der Waals surface area contributed by atoms with Gasteiger partial charge in [0.1, 0.15) is 0 Å². The maximum Gasteiger partial charge on any atom is 0.340 e. The van der Waals surface area contributed by atoms with Crippen molar-refractivity contribution in [3.63, 3.8) is 0 Å². The number of esters is 1. The van der Waals surface area contributed by atoms with Gasteiger partial charge < -0.3 is 4.74 Å². The summed E-state index contributed by atoms with van der Waals surface area (Å²) >= 11 is 0. The minimum atomic E-state index is -1.48. The van der Waals surface area contributed by atoms with Crippen molar-refractivity contribution in [2.24, 2.45) is 5.92 Å². The molecule has 0 heterocycles. The summed E-state index contributed by atoms with van der Waals surface area (Å²) in [7, 11) is 1.18. The van der Waals surface area contributed by atoms with Crippen LogP contribution in [0.4, 0.5) is 4.39 Å². The Kier molecular flexibility index (Phi) is 6.77. The minimum Gasteiger partial charge on any atom is -0.467 e. The Morgan fingerprint density at radius 1 is 1.50 bits per heavy atom. The Hall–Kier alpha value is -0.310. The Morgan fingerprint density at radius 2 is 1.90 bits per heavy atom. The standard InChI is InChI=1S/C6H11FO2.ClH/c1-4(2)5(7)6(8)9-3;/h4-5H,1-3H3;1H. The lowest BCUT2D eigenvalue weighted by molar-refractivity contribution is -0.148. The molecule has 0 spiro atoms. The van der Waals surface area contributed by atoms with Gasteiger partial charge in [0.15, 0.2) is 6.17 Å². The summed E-state index contributed by atoms with van der Waals surface area (Å²) in [6.45, 7) is 3.25. The Balaban J connectivity index is 0. The minimum absolute atomic E-state index is 0. The number of halogens is 2. The lowest BCUT2D eigenvalue weighted by atomic mass is 10.1. The molecule has 0 saturated carbocycles. The molecule has 0 aliphatic rings. The molecule has 1 unspecified atom stereocenters. The predicted octanol–water partition coefficient (Wildman–Crippen LogP) is 1.58. The molecular weight excluding hydrogens is 159 g/mol. The third kappa shape index (κ3) is 3.67. The summed E-state index contributed by atoms with van der Waals surface area (Å²) in [6, 6.07) is 0. The van der Waals surface area contributed by atoms with E-state index in [9.17, 15) is 9.18 Å². The molecule has 62 valence electrons. The zero-order valence-electron chi connectivity index (χ0n) is 6.26. The molecule has 0 saturated heterocycles. The third-order valence-electron chi connectivity index (χ3n) is 1.01. The van der Waals surface area contributed by atoms with Crippen molar-refractivity contribution in [2.45, 2.75) is 20.0 Å². The highest BCUT2D eigenvalue weighted by Crippen LogP contribution is 2.06. The molecule has 2 nitrogen and oxygen atoms in total. The fourth-order valence-electron chi connectivity index (χ4n) is 0.385. The van der Waals surface area contributed by atoms with Crippen LogP contribution in [-0.2, 0) is 9.53 Å². The van der Waals surface area contributed by atoms with Crippen LogP contribution in [0.3, 0.4) is 0 Å². The van der Waals surface area contributed by atoms with Crippen molar-refractivity contribution in [2.75, 3.05) is 7.11 Å². The SMILES string of the molecule is COC(=O)C(F)C(C)C.Cl. The van der Waals surface area contributed by atoms with E-state index in [-0.39, 0.29) is 18.3 Å². The summed E-state index contributed by atoms with van der Waals surface area (Å²) in [5.74, 6) is -1.08. The van der Waals surface area contributed by atoms with Gasteiger partial charge >= 0.3 is 5.97 Å². The number of hydrogen-bond donors (Lipinski definition) is 0. The summed E-state index contributed by atoms with van der Waals surface area (Å²) in [5, 5.41) is 0. The highest BCUT2D eigenvalue weighted by Gasteiger charge is 2.20. The molecule has 10 heavy (non-hydrogen) atoms. The average molecular weight is 171 g/mol. The number of ether oxygens (including phenoxy) is 1. The van der Waals surface area contributed by atoms with Crippen LogP contribution < -0.4 is 0 Å². The number of rotatable bonds is 2. The van der Waals surface area contributed by atoms with Crippen molar-refractivity contribution in [1.82, 2.24) is 0 Å². The van der Waals surface area contributed by atoms with E-state index < -0.39 is 12.1 Å². The quantitative estimate of drug-likeness (QED) is 0.589. The van der Waals surface area contributed by atoms with Crippen LogP contribution in [-0.4, -0.2) is 19.3 Å². The second-order valence-corrected chi connectivity index (χ2v) is 2.17. The van der Waals surface area contributed by atoms with Gasteiger partial charge in [-0.1, -0.05) is 13.8 Å². The van der Waals surface area contributed by atoms with Gasteiger partial charge in [-0.15, -0.1) is 12.4 Å². The normalized spacial score (nSPS) is 12.1. The molecule has 4 heteroatoms. The molecule has 0 fully saturated rings. The molecule has 0 bridgehead atoms. The topological polar surface area (TPSA) is 26.3 Å². The van der Waals surface area contributed by atoms with E-state index in [0.29, 0.717) is 0 Å². The largest absolute Gasteiger partial charge is 0.467 e. The zero-order valence-corrected chi connectivity index (χ0v) is 7.07. The van der Waals surface area contributed by atoms with Gasteiger partial charge in [0.2, 0.25) is 0 Å². The summed E-state index contributed by atoms with van der Waals surface area (Å²) in [6.07, 6.45) is -1.48. The highest BCUT2D eigenvalue weighted by molar-refractivity contribution is 5.85. The second kappa shape index (κ2) is 5.47. The lowest BCUT2D eigenvalue weighted by Gasteiger charge is -2.07. The Bertz CT molecular complexity index is 106. The zero-order chi connectivity index (χ0) is 7.44.